The molecule has 1 aliphatic rings. The van der Waals surface area contributed by atoms with Crippen molar-refractivity contribution >= 4 is 0 Å². The molecule has 0 unspecified atom stereocenters. The average molecular weight is 103 g/mol. The zero-order valence-corrected chi connectivity index (χ0v) is 4.14. The Morgan fingerprint density at radius 3 is 3.29 bits per heavy atom. The Kier molecular flexibility index (Phi) is 2.12. The highest BCUT2D eigenvalue weighted by Gasteiger charge is 1.94. The summed E-state index contributed by atoms with van der Waals surface area (Å²) in [6, 6.07) is 0. The summed E-state index contributed by atoms with van der Waals surface area (Å²) in [7, 11) is 0. The highest BCUT2D eigenvalue weighted by Crippen LogP contribution is 1.92. The van der Waals surface area contributed by atoms with Crippen molar-refractivity contribution < 1.29 is 9.88 Å². The van der Waals surface area contributed by atoms with E-state index in [-0.39, 0.29) is 0 Å². The molecule has 42 valence electrons. The first kappa shape index (κ1) is 5.03. The van der Waals surface area contributed by atoms with Crippen LogP contribution in [0.3, 0.4) is 0 Å². The van der Waals surface area contributed by atoms with Gasteiger partial charge in [-0.25, -0.2) is 4.89 Å². The molecule has 0 aromatic carbocycles. The summed E-state index contributed by atoms with van der Waals surface area (Å²) in [5.74, 6) is 0. The van der Waals surface area contributed by atoms with Crippen molar-refractivity contribution in [3.8, 4) is 0 Å². The molecule has 0 atom stereocenters. The Labute approximate surface area is 42.5 Å². The van der Waals surface area contributed by atoms with Gasteiger partial charge in [0.1, 0.15) is 0 Å². The minimum absolute atomic E-state index is 0.715. The SMILES string of the molecule is C1CCOONC1. The summed E-state index contributed by atoms with van der Waals surface area (Å²) in [6.45, 7) is 1.62. The van der Waals surface area contributed by atoms with Crippen molar-refractivity contribution in [3.05, 3.63) is 0 Å². The molecule has 0 saturated carbocycles. The van der Waals surface area contributed by atoms with Gasteiger partial charge in [-0.3, -0.25) is 0 Å². The summed E-state index contributed by atoms with van der Waals surface area (Å²) in [5.41, 5.74) is 2.62. The fourth-order valence-electron chi connectivity index (χ4n) is 0.483. The first-order valence-corrected chi connectivity index (χ1v) is 2.51. The first-order chi connectivity index (χ1) is 3.50. The van der Waals surface area contributed by atoms with Gasteiger partial charge < -0.3 is 0 Å². The molecule has 3 nitrogen and oxygen atoms in total. The van der Waals surface area contributed by atoms with E-state index in [1.54, 1.807) is 0 Å². The fraction of sp³-hybridized carbons (Fsp3) is 1.00. The van der Waals surface area contributed by atoms with Gasteiger partial charge in [0.15, 0.2) is 0 Å². The summed E-state index contributed by atoms with van der Waals surface area (Å²) < 4.78 is 0. The molecule has 0 bridgehead atoms. The standard InChI is InChI=1S/C4H9NO2/c1-2-4-6-7-5-3-1/h5H,1-4H2. The quantitative estimate of drug-likeness (QED) is 0.445. The molecule has 0 amide bonds. The van der Waals surface area contributed by atoms with E-state index in [0.29, 0.717) is 6.61 Å². The van der Waals surface area contributed by atoms with Crippen LogP contribution in [-0.2, 0) is 9.88 Å². The number of hydrogen-bond acceptors (Lipinski definition) is 3. The van der Waals surface area contributed by atoms with Crippen LogP contribution in [0.5, 0.6) is 0 Å². The summed E-state index contributed by atoms with van der Waals surface area (Å²) in [6.07, 6.45) is 2.23. The third-order valence-electron chi connectivity index (χ3n) is 0.874. The van der Waals surface area contributed by atoms with E-state index in [1.165, 1.54) is 0 Å². The van der Waals surface area contributed by atoms with Gasteiger partial charge in [-0.15, -0.1) is 4.99 Å². The van der Waals surface area contributed by atoms with Crippen LogP contribution in [0.15, 0.2) is 0 Å². The van der Waals surface area contributed by atoms with Crippen molar-refractivity contribution in [3.63, 3.8) is 0 Å². The number of hydrogen-bond donors (Lipinski definition) is 1. The van der Waals surface area contributed by atoms with Crippen LogP contribution in [-0.4, -0.2) is 13.2 Å². The lowest BCUT2D eigenvalue weighted by molar-refractivity contribution is -0.328. The molecule has 1 heterocycles. The van der Waals surface area contributed by atoms with Crippen LogP contribution in [0.25, 0.3) is 0 Å². The molecule has 1 N–H and O–H groups in total. The molecule has 1 saturated heterocycles. The van der Waals surface area contributed by atoms with Gasteiger partial charge in [-0.1, -0.05) is 0 Å². The Morgan fingerprint density at radius 2 is 2.29 bits per heavy atom. The smallest absolute Gasteiger partial charge is 0.0842 e. The van der Waals surface area contributed by atoms with E-state index in [9.17, 15) is 0 Å². The molecule has 0 radical (unpaired) electrons. The van der Waals surface area contributed by atoms with Gasteiger partial charge in [0.05, 0.1) is 6.61 Å². The maximum Gasteiger partial charge on any atom is 0.0842 e. The predicted octanol–water partition coefficient (Wildman–Crippen LogP) is 0.233. The van der Waals surface area contributed by atoms with Crippen molar-refractivity contribution in [1.82, 2.24) is 5.48 Å². The third-order valence-corrected chi connectivity index (χ3v) is 0.874. The summed E-state index contributed by atoms with van der Waals surface area (Å²) >= 11 is 0. The van der Waals surface area contributed by atoms with Crippen molar-refractivity contribution in [2.24, 2.45) is 0 Å². The Hall–Kier alpha value is -0.120. The lowest BCUT2D eigenvalue weighted by Gasteiger charge is -1.93. The third kappa shape index (κ3) is 1.87. The van der Waals surface area contributed by atoms with Gasteiger partial charge in [-0.05, 0) is 12.8 Å². The maximum atomic E-state index is 4.58. The van der Waals surface area contributed by atoms with Crippen molar-refractivity contribution in [1.29, 1.82) is 0 Å². The highest BCUT2D eigenvalue weighted by atomic mass is 17.3. The van der Waals surface area contributed by atoms with Gasteiger partial charge in [0, 0.05) is 6.54 Å². The lowest BCUT2D eigenvalue weighted by atomic mass is 10.3. The number of nitrogens with one attached hydrogen (secondary N) is 1. The second kappa shape index (κ2) is 2.96. The van der Waals surface area contributed by atoms with E-state index in [1.807, 2.05) is 0 Å². The van der Waals surface area contributed by atoms with Gasteiger partial charge in [0.25, 0.3) is 0 Å². The van der Waals surface area contributed by atoms with E-state index in [2.05, 4.69) is 15.4 Å². The number of rotatable bonds is 0. The molecule has 0 spiro atoms. The highest BCUT2D eigenvalue weighted by molar-refractivity contribution is 4.39. The van der Waals surface area contributed by atoms with Crippen molar-refractivity contribution in [2.75, 3.05) is 13.2 Å². The predicted molar refractivity (Wildman–Crippen MR) is 24.3 cm³/mol. The van der Waals surface area contributed by atoms with Gasteiger partial charge >= 0.3 is 0 Å². The van der Waals surface area contributed by atoms with E-state index < -0.39 is 0 Å². The maximum absolute atomic E-state index is 4.58. The minimum atomic E-state index is 0.715. The zero-order chi connectivity index (χ0) is 4.95. The Bertz CT molecular complexity index is 29.3. The normalized spacial score (nSPS) is 24.0. The monoisotopic (exact) mass is 103 g/mol. The second-order valence-corrected chi connectivity index (χ2v) is 1.51. The molecule has 1 aliphatic heterocycles. The van der Waals surface area contributed by atoms with Crippen molar-refractivity contribution in [2.45, 2.75) is 12.8 Å². The second-order valence-electron chi connectivity index (χ2n) is 1.51. The number of hydroxylamine groups is 1. The van der Waals surface area contributed by atoms with Crippen LogP contribution in [0.2, 0.25) is 0 Å². The average Bonchev–Trinajstić information content (AvgIpc) is 1.90. The summed E-state index contributed by atoms with van der Waals surface area (Å²) in [5, 5.41) is 0. The molecule has 7 heavy (non-hydrogen) atoms. The molecule has 0 aliphatic carbocycles. The largest absolute Gasteiger partial charge is 0.218 e. The van der Waals surface area contributed by atoms with Crippen LogP contribution in [0.1, 0.15) is 12.8 Å². The molecular weight excluding hydrogens is 94.0 g/mol. The molecule has 1 fully saturated rings. The first-order valence-electron chi connectivity index (χ1n) is 2.51. The molecule has 3 heteroatoms. The van der Waals surface area contributed by atoms with Crippen LogP contribution in [0.4, 0.5) is 0 Å². The van der Waals surface area contributed by atoms with Gasteiger partial charge in [0.2, 0.25) is 0 Å². The fourth-order valence-corrected chi connectivity index (χ4v) is 0.483. The Balaban J connectivity index is 2.04. The molecular formula is C4H9NO2. The summed E-state index contributed by atoms with van der Waals surface area (Å²) in [4.78, 5) is 9.03. The zero-order valence-electron chi connectivity index (χ0n) is 4.14. The molecule has 1 rings (SSSR count). The van der Waals surface area contributed by atoms with E-state index in [0.717, 1.165) is 19.4 Å². The molecule has 0 aromatic rings. The molecule has 0 aromatic heterocycles. The topological polar surface area (TPSA) is 30.5 Å². The minimum Gasteiger partial charge on any atom is -0.218 e. The lowest BCUT2D eigenvalue weighted by Crippen LogP contribution is -2.11. The Morgan fingerprint density at radius 1 is 1.29 bits per heavy atom. The van der Waals surface area contributed by atoms with Crippen LogP contribution in [0, 0.1) is 0 Å². The van der Waals surface area contributed by atoms with E-state index in [4.69, 9.17) is 0 Å². The van der Waals surface area contributed by atoms with Crippen LogP contribution < -0.4 is 5.48 Å². The van der Waals surface area contributed by atoms with Gasteiger partial charge in [-0.2, -0.15) is 5.48 Å². The van der Waals surface area contributed by atoms with Crippen LogP contribution >= 0.6 is 0 Å². The van der Waals surface area contributed by atoms with E-state index >= 15 is 0 Å².